The van der Waals surface area contributed by atoms with Gasteiger partial charge in [0, 0.05) is 6.04 Å². The summed E-state index contributed by atoms with van der Waals surface area (Å²) in [4.78, 5) is 20.4. The molecule has 1 amide bonds. The van der Waals surface area contributed by atoms with Gasteiger partial charge in [-0.15, -0.1) is 0 Å². The first-order valence-electron chi connectivity index (χ1n) is 10.1. The van der Waals surface area contributed by atoms with E-state index < -0.39 is 0 Å². The number of rotatable bonds is 5. The first-order valence-corrected chi connectivity index (χ1v) is 10.9. The van der Waals surface area contributed by atoms with E-state index in [1.165, 1.54) is 11.1 Å². The molecule has 2 aromatic heterocycles. The largest absolute Gasteiger partial charge is 0.278 e. The molecule has 0 saturated heterocycles. The Morgan fingerprint density at radius 3 is 2.53 bits per heavy atom. The van der Waals surface area contributed by atoms with E-state index >= 15 is 0 Å². The minimum atomic E-state index is -0.0819. The molecule has 0 N–H and O–H groups in total. The number of thiazole rings is 1. The Morgan fingerprint density at radius 2 is 1.83 bits per heavy atom. The molecule has 2 heterocycles. The summed E-state index contributed by atoms with van der Waals surface area (Å²) in [5, 5.41) is 5.24. The van der Waals surface area contributed by atoms with Crippen LogP contribution in [0.25, 0.3) is 10.2 Å². The smallest absolute Gasteiger partial charge is 0.278 e. The number of fused-ring (bicyclic) bond motifs is 1. The number of aromatic nitrogens is 3. The maximum absolute atomic E-state index is 13.7. The third-order valence-corrected chi connectivity index (χ3v) is 6.26. The number of benzene rings is 2. The van der Waals surface area contributed by atoms with Crippen LogP contribution in [0.1, 0.15) is 52.8 Å². The number of anilines is 1. The van der Waals surface area contributed by atoms with Gasteiger partial charge >= 0.3 is 0 Å². The second-order valence-corrected chi connectivity index (χ2v) is 8.99. The van der Waals surface area contributed by atoms with E-state index in [-0.39, 0.29) is 11.9 Å². The third kappa shape index (κ3) is 3.87. The number of hydrogen-bond acceptors (Lipinski definition) is 4. The lowest BCUT2D eigenvalue weighted by atomic mass is 10.1. The summed E-state index contributed by atoms with van der Waals surface area (Å²) in [5.41, 5.74) is 5.78. The fourth-order valence-electron chi connectivity index (χ4n) is 3.68. The molecule has 0 atom stereocenters. The van der Waals surface area contributed by atoms with Gasteiger partial charge in [0.15, 0.2) is 5.13 Å². The van der Waals surface area contributed by atoms with Crippen molar-refractivity contribution in [3.05, 3.63) is 76.6 Å². The molecule has 0 radical (unpaired) electrons. The van der Waals surface area contributed by atoms with E-state index in [2.05, 4.69) is 31.1 Å². The van der Waals surface area contributed by atoms with Gasteiger partial charge in [0.2, 0.25) is 0 Å². The average Bonchev–Trinajstić information content (AvgIpc) is 3.30. The molecule has 4 aromatic rings. The molecular weight excluding hydrogens is 392 g/mol. The van der Waals surface area contributed by atoms with E-state index in [4.69, 9.17) is 4.98 Å². The van der Waals surface area contributed by atoms with Gasteiger partial charge in [-0.3, -0.25) is 14.4 Å². The predicted molar refractivity (Wildman–Crippen MR) is 123 cm³/mol. The molecule has 6 heteroatoms. The SMILES string of the molecule is Cc1cc(C)c2sc(N(Cc3ccccc3)C(=O)c3cc(C)nn3C(C)C)nc2c1. The van der Waals surface area contributed by atoms with E-state index in [1.54, 1.807) is 20.9 Å². The lowest BCUT2D eigenvalue weighted by Crippen LogP contribution is -2.32. The lowest BCUT2D eigenvalue weighted by molar-refractivity contribution is 0.0973. The van der Waals surface area contributed by atoms with Crippen LogP contribution in [0.2, 0.25) is 0 Å². The standard InChI is InChI=1S/C24H26N4OS/c1-15(2)28-21(13-18(5)26-28)23(29)27(14-19-9-7-6-8-10-19)24-25-20-12-16(3)11-17(4)22(20)30-24/h6-13,15H,14H2,1-5H3. The summed E-state index contributed by atoms with van der Waals surface area (Å²) in [6.07, 6.45) is 0. The van der Waals surface area contributed by atoms with Crippen LogP contribution < -0.4 is 4.90 Å². The van der Waals surface area contributed by atoms with E-state index in [9.17, 15) is 4.79 Å². The molecule has 4 rings (SSSR count). The first kappa shape index (κ1) is 20.3. The molecule has 0 unspecified atom stereocenters. The fraction of sp³-hybridized carbons (Fsp3) is 0.292. The van der Waals surface area contributed by atoms with Crippen LogP contribution in [0.4, 0.5) is 5.13 Å². The van der Waals surface area contributed by atoms with Crippen molar-refractivity contribution in [2.45, 2.75) is 47.2 Å². The predicted octanol–water partition coefficient (Wildman–Crippen LogP) is 5.85. The summed E-state index contributed by atoms with van der Waals surface area (Å²) < 4.78 is 2.92. The lowest BCUT2D eigenvalue weighted by Gasteiger charge is -2.21. The Morgan fingerprint density at radius 1 is 1.10 bits per heavy atom. The molecule has 0 spiro atoms. The quantitative estimate of drug-likeness (QED) is 0.409. The van der Waals surface area contributed by atoms with Crippen molar-refractivity contribution < 1.29 is 4.79 Å². The van der Waals surface area contributed by atoms with Gasteiger partial charge in [-0.05, 0) is 63.4 Å². The highest BCUT2D eigenvalue weighted by Gasteiger charge is 2.26. The molecule has 0 bridgehead atoms. The molecule has 5 nitrogen and oxygen atoms in total. The maximum Gasteiger partial charge on any atom is 0.278 e. The van der Waals surface area contributed by atoms with E-state index in [1.807, 2.05) is 57.2 Å². The summed E-state index contributed by atoms with van der Waals surface area (Å²) >= 11 is 1.57. The highest BCUT2D eigenvalue weighted by Crippen LogP contribution is 2.33. The number of amides is 1. The molecule has 30 heavy (non-hydrogen) atoms. The van der Waals surface area contributed by atoms with Crippen LogP contribution in [-0.4, -0.2) is 20.7 Å². The highest BCUT2D eigenvalue weighted by atomic mass is 32.1. The molecule has 154 valence electrons. The minimum absolute atomic E-state index is 0.0819. The van der Waals surface area contributed by atoms with Crippen LogP contribution in [-0.2, 0) is 6.54 Å². The van der Waals surface area contributed by atoms with Crippen LogP contribution in [0.3, 0.4) is 0 Å². The molecule has 0 aliphatic rings. The Balaban J connectivity index is 1.83. The maximum atomic E-state index is 13.7. The van der Waals surface area contributed by atoms with Crippen molar-refractivity contribution in [3.8, 4) is 0 Å². The average molecular weight is 419 g/mol. The third-order valence-electron chi connectivity index (χ3n) is 5.03. The van der Waals surface area contributed by atoms with Crippen molar-refractivity contribution >= 4 is 32.6 Å². The second-order valence-electron chi connectivity index (χ2n) is 8.01. The topological polar surface area (TPSA) is 51.0 Å². The minimum Gasteiger partial charge on any atom is -0.278 e. The van der Waals surface area contributed by atoms with Gasteiger partial charge in [0.05, 0.1) is 22.5 Å². The van der Waals surface area contributed by atoms with Crippen molar-refractivity contribution in [2.24, 2.45) is 0 Å². The van der Waals surface area contributed by atoms with E-state index in [0.29, 0.717) is 17.4 Å². The molecule has 2 aromatic carbocycles. The molecule has 0 aliphatic carbocycles. The fourth-order valence-corrected chi connectivity index (χ4v) is 4.69. The summed E-state index contributed by atoms with van der Waals surface area (Å²) in [6.45, 7) is 10.6. The summed E-state index contributed by atoms with van der Waals surface area (Å²) in [5.74, 6) is -0.0819. The Labute approximate surface area is 181 Å². The van der Waals surface area contributed by atoms with Crippen LogP contribution in [0, 0.1) is 20.8 Å². The van der Waals surface area contributed by atoms with Gasteiger partial charge in [0.1, 0.15) is 5.69 Å². The molecule has 0 aliphatic heterocycles. The Hall–Kier alpha value is -2.99. The van der Waals surface area contributed by atoms with Crippen molar-refractivity contribution in [3.63, 3.8) is 0 Å². The molecule has 0 saturated carbocycles. The molecule has 0 fully saturated rings. The van der Waals surface area contributed by atoms with Gasteiger partial charge in [-0.1, -0.05) is 47.7 Å². The normalized spacial score (nSPS) is 11.4. The van der Waals surface area contributed by atoms with Gasteiger partial charge in [-0.25, -0.2) is 4.98 Å². The number of aryl methyl sites for hydroxylation is 3. The number of hydrogen-bond donors (Lipinski definition) is 0. The number of nitrogens with zero attached hydrogens (tertiary/aromatic N) is 4. The van der Waals surface area contributed by atoms with E-state index in [0.717, 1.165) is 21.5 Å². The van der Waals surface area contributed by atoms with Crippen molar-refractivity contribution in [2.75, 3.05) is 4.90 Å². The summed E-state index contributed by atoms with van der Waals surface area (Å²) in [7, 11) is 0. The Bertz CT molecular complexity index is 1210. The van der Waals surface area contributed by atoms with Gasteiger partial charge in [-0.2, -0.15) is 5.10 Å². The van der Waals surface area contributed by atoms with Crippen molar-refractivity contribution in [1.82, 2.24) is 14.8 Å². The number of carbonyl (C=O) groups excluding carboxylic acids is 1. The van der Waals surface area contributed by atoms with Crippen LogP contribution in [0.5, 0.6) is 0 Å². The Kier molecular flexibility index (Phi) is 5.43. The van der Waals surface area contributed by atoms with Crippen LogP contribution >= 0.6 is 11.3 Å². The zero-order chi connectivity index (χ0) is 21.4. The van der Waals surface area contributed by atoms with Crippen LogP contribution in [0.15, 0.2) is 48.5 Å². The monoisotopic (exact) mass is 418 g/mol. The highest BCUT2D eigenvalue weighted by molar-refractivity contribution is 7.22. The van der Waals surface area contributed by atoms with Gasteiger partial charge in [0.25, 0.3) is 5.91 Å². The van der Waals surface area contributed by atoms with Gasteiger partial charge < -0.3 is 0 Å². The summed E-state index contributed by atoms with van der Waals surface area (Å²) in [6, 6.07) is 16.2. The second kappa shape index (κ2) is 8.03. The zero-order valence-corrected chi connectivity index (χ0v) is 18.8. The first-order chi connectivity index (χ1) is 14.3. The van der Waals surface area contributed by atoms with Crippen molar-refractivity contribution in [1.29, 1.82) is 0 Å². The zero-order valence-electron chi connectivity index (χ0n) is 18.0. The molecular formula is C24H26N4OS. The number of carbonyl (C=O) groups is 1.